The molecule has 0 amide bonds. The van der Waals surface area contributed by atoms with Gasteiger partial charge in [-0.2, -0.15) is 0 Å². The predicted octanol–water partition coefficient (Wildman–Crippen LogP) is 3.52. The number of rotatable bonds is 9. The molecule has 1 aromatic rings. The molecule has 0 spiro atoms. The molecule has 1 rings (SSSR count). The summed E-state index contributed by atoms with van der Waals surface area (Å²) in [6, 6.07) is 6.09. The first-order chi connectivity index (χ1) is 9.49. The van der Waals surface area contributed by atoms with Gasteiger partial charge in [0.15, 0.2) is 0 Å². The average Bonchev–Trinajstić information content (AvgIpc) is 2.36. The Morgan fingerprint density at radius 2 is 2.00 bits per heavy atom. The third kappa shape index (κ3) is 6.66. The molecule has 0 aromatic heterocycles. The standard InChI is InChI=1S/C16H23FO3/c1-12(2)6-8-20-9-7-14(16(18)19)10-13-4-3-5-15(17)11-13/h3-5,11-12,14H,6-10H2,1-2H3,(H,18,19). The van der Waals surface area contributed by atoms with Crippen molar-refractivity contribution in [2.75, 3.05) is 13.2 Å². The van der Waals surface area contributed by atoms with Crippen LogP contribution in [0.15, 0.2) is 24.3 Å². The molecule has 0 saturated carbocycles. The Balaban J connectivity index is 2.39. The number of aliphatic carboxylic acids is 1. The first kappa shape index (κ1) is 16.6. The van der Waals surface area contributed by atoms with Crippen molar-refractivity contribution in [3.8, 4) is 0 Å². The van der Waals surface area contributed by atoms with E-state index in [9.17, 15) is 14.3 Å². The van der Waals surface area contributed by atoms with E-state index in [0.29, 0.717) is 37.5 Å². The van der Waals surface area contributed by atoms with E-state index in [-0.39, 0.29) is 5.82 Å². The van der Waals surface area contributed by atoms with Crippen molar-refractivity contribution in [1.82, 2.24) is 0 Å². The lowest BCUT2D eigenvalue weighted by atomic mass is 9.96. The molecule has 1 unspecified atom stereocenters. The summed E-state index contributed by atoms with van der Waals surface area (Å²) in [6.45, 7) is 5.32. The van der Waals surface area contributed by atoms with Gasteiger partial charge in [-0.25, -0.2) is 4.39 Å². The number of carboxylic acid groups (broad SMARTS) is 1. The highest BCUT2D eigenvalue weighted by Crippen LogP contribution is 2.14. The first-order valence-electron chi connectivity index (χ1n) is 7.04. The van der Waals surface area contributed by atoms with E-state index in [0.717, 1.165) is 6.42 Å². The lowest BCUT2D eigenvalue weighted by Crippen LogP contribution is -2.19. The van der Waals surface area contributed by atoms with Gasteiger partial charge >= 0.3 is 5.97 Å². The zero-order chi connectivity index (χ0) is 15.0. The van der Waals surface area contributed by atoms with Crippen LogP contribution in [0.1, 0.15) is 32.3 Å². The van der Waals surface area contributed by atoms with Gasteiger partial charge in [0.05, 0.1) is 5.92 Å². The Labute approximate surface area is 119 Å². The molecule has 0 bridgehead atoms. The third-order valence-corrected chi connectivity index (χ3v) is 3.17. The molecule has 0 aliphatic carbocycles. The number of hydrogen-bond donors (Lipinski definition) is 1. The van der Waals surface area contributed by atoms with Crippen LogP contribution in [0, 0.1) is 17.7 Å². The first-order valence-corrected chi connectivity index (χ1v) is 7.04. The van der Waals surface area contributed by atoms with Crippen LogP contribution >= 0.6 is 0 Å². The Kier molecular flexibility index (Phi) is 7.23. The van der Waals surface area contributed by atoms with E-state index in [4.69, 9.17) is 4.74 Å². The lowest BCUT2D eigenvalue weighted by Gasteiger charge is -2.13. The fourth-order valence-corrected chi connectivity index (χ4v) is 1.91. The van der Waals surface area contributed by atoms with Crippen LogP contribution < -0.4 is 0 Å². The van der Waals surface area contributed by atoms with E-state index < -0.39 is 11.9 Å². The van der Waals surface area contributed by atoms with Crippen molar-refractivity contribution in [2.24, 2.45) is 11.8 Å². The normalized spacial score (nSPS) is 12.6. The predicted molar refractivity (Wildman–Crippen MR) is 76.1 cm³/mol. The van der Waals surface area contributed by atoms with Crippen molar-refractivity contribution < 1.29 is 19.0 Å². The van der Waals surface area contributed by atoms with Gasteiger partial charge in [-0.15, -0.1) is 0 Å². The highest BCUT2D eigenvalue weighted by Gasteiger charge is 2.18. The molecule has 0 saturated heterocycles. The SMILES string of the molecule is CC(C)CCOCCC(Cc1cccc(F)c1)C(=O)O. The molecule has 0 aliphatic heterocycles. The molecule has 0 fully saturated rings. The van der Waals surface area contributed by atoms with Gasteiger partial charge in [-0.05, 0) is 42.9 Å². The topological polar surface area (TPSA) is 46.5 Å². The monoisotopic (exact) mass is 282 g/mol. The molecule has 4 heteroatoms. The van der Waals surface area contributed by atoms with Crippen molar-refractivity contribution in [2.45, 2.75) is 33.1 Å². The molecule has 20 heavy (non-hydrogen) atoms. The quantitative estimate of drug-likeness (QED) is 0.705. The average molecular weight is 282 g/mol. The molecule has 112 valence electrons. The van der Waals surface area contributed by atoms with Crippen LogP contribution in [-0.2, 0) is 16.0 Å². The number of benzene rings is 1. The fourth-order valence-electron chi connectivity index (χ4n) is 1.91. The molecule has 1 atom stereocenters. The maximum Gasteiger partial charge on any atom is 0.306 e. The van der Waals surface area contributed by atoms with Gasteiger partial charge < -0.3 is 9.84 Å². The number of carbonyl (C=O) groups is 1. The van der Waals surface area contributed by atoms with Crippen LogP contribution in [0.3, 0.4) is 0 Å². The molecule has 3 nitrogen and oxygen atoms in total. The minimum absolute atomic E-state index is 0.333. The van der Waals surface area contributed by atoms with Crippen LogP contribution in [0.4, 0.5) is 4.39 Å². The Morgan fingerprint density at radius 1 is 1.30 bits per heavy atom. The van der Waals surface area contributed by atoms with Gasteiger partial charge in [0.2, 0.25) is 0 Å². The lowest BCUT2D eigenvalue weighted by molar-refractivity contribution is -0.142. The molecule has 1 aromatic carbocycles. The second kappa shape index (κ2) is 8.69. The van der Waals surface area contributed by atoms with Crippen LogP contribution in [0.2, 0.25) is 0 Å². The van der Waals surface area contributed by atoms with Crippen molar-refractivity contribution in [1.29, 1.82) is 0 Å². The van der Waals surface area contributed by atoms with Crippen LogP contribution in [-0.4, -0.2) is 24.3 Å². The molecule has 0 aliphatic rings. The maximum absolute atomic E-state index is 13.1. The zero-order valence-corrected chi connectivity index (χ0v) is 12.1. The Morgan fingerprint density at radius 3 is 2.60 bits per heavy atom. The fraction of sp³-hybridized carbons (Fsp3) is 0.562. The molecular formula is C16H23FO3. The summed E-state index contributed by atoms with van der Waals surface area (Å²) in [6.07, 6.45) is 1.76. The summed E-state index contributed by atoms with van der Waals surface area (Å²) in [5.41, 5.74) is 0.708. The largest absolute Gasteiger partial charge is 0.481 e. The summed E-state index contributed by atoms with van der Waals surface area (Å²) >= 11 is 0. The van der Waals surface area contributed by atoms with Crippen LogP contribution in [0.5, 0.6) is 0 Å². The van der Waals surface area contributed by atoms with Gasteiger partial charge in [-0.3, -0.25) is 4.79 Å². The summed E-state index contributed by atoms with van der Waals surface area (Å²) in [5, 5.41) is 9.20. The van der Waals surface area contributed by atoms with E-state index in [1.54, 1.807) is 12.1 Å². The maximum atomic E-state index is 13.1. The Hall–Kier alpha value is -1.42. The molecule has 0 radical (unpaired) electrons. The highest BCUT2D eigenvalue weighted by atomic mass is 19.1. The van der Waals surface area contributed by atoms with Crippen molar-refractivity contribution >= 4 is 5.97 Å². The van der Waals surface area contributed by atoms with Crippen molar-refractivity contribution in [3.63, 3.8) is 0 Å². The van der Waals surface area contributed by atoms with Gasteiger partial charge in [0, 0.05) is 13.2 Å². The molecule has 0 heterocycles. The van der Waals surface area contributed by atoms with E-state index >= 15 is 0 Å². The Bertz CT molecular complexity index is 418. The smallest absolute Gasteiger partial charge is 0.306 e. The number of ether oxygens (including phenoxy) is 1. The van der Waals surface area contributed by atoms with Gasteiger partial charge in [0.1, 0.15) is 5.82 Å². The highest BCUT2D eigenvalue weighted by molar-refractivity contribution is 5.70. The number of halogens is 1. The second-order valence-corrected chi connectivity index (χ2v) is 5.45. The number of hydrogen-bond acceptors (Lipinski definition) is 2. The van der Waals surface area contributed by atoms with Crippen molar-refractivity contribution in [3.05, 3.63) is 35.6 Å². The summed E-state index contributed by atoms with van der Waals surface area (Å²) in [4.78, 5) is 11.2. The molecular weight excluding hydrogens is 259 g/mol. The number of carboxylic acids is 1. The van der Waals surface area contributed by atoms with Gasteiger partial charge in [-0.1, -0.05) is 26.0 Å². The van der Waals surface area contributed by atoms with Crippen LogP contribution in [0.25, 0.3) is 0 Å². The zero-order valence-electron chi connectivity index (χ0n) is 12.1. The van der Waals surface area contributed by atoms with E-state index in [1.807, 2.05) is 0 Å². The molecule has 1 N–H and O–H groups in total. The third-order valence-electron chi connectivity index (χ3n) is 3.17. The van der Waals surface area contributed by atoms with E-state index in [2.05, 4.69) is 13.8 Å². The van der Waals surface area contributed by atoms with E-state index in [1.165, 1.54) is 12.1 Å². The summed E-state index contributed by atoms with van der Waals surface area (Å²) < 4.78 is 18.5. The minimum atomic E-state index is -0.860. The summed E-state index contributed by atoms with van der Waals surface area (Å²) in [5.74, 6) is -1.14. The van der Waals surface area contributed by atoms with Gasteiger partial charge in [0.25, 0.3) is 0 Å². The second-order valence-electron chi connectivity index (χ2n) is 5.45. The summed E-state index contributed by atoms with van der Waals surface area (Å²) in [7, 11) is 0. The minimum Gasteiger partial charge on any atom is -0.481 e.